The third-order valence-corrected chi connectivity index (χ3v) is 4.48. The molecule has 1 aromatic carbocycles. The van der Waals surface area contributed by atoms with E-state index in [-0.39, 0.29) is 0 Å². The van der Waals surface area contributed by atoms with Crippen molar-refractivity contribution >= 4 is 29.1 Å². The molecule has 1 saturated heterocycles. The average Bonchev–Trinajstić information content (AvgIpc) is 2.68. The lowest BCUT2D eigenvalue weighted by atomic mass is 10.1. The van der Waals surface area contributed by atoms with Crippen molar-refractivity contribution in [2.24, 2.45) is 5.92 Å². The van der Waals surface area contributed by atoms with E-state index < -0.39 is 0 Å². The van der Waals surface area contributed by atoms with Crippen molar-refractivity contribution < 1.29 is 4.74 Å². The fourth-order valence-electron chi connectivity index (χ4n) is 2.86. The largest absolute Gasteiger partial charge is 0.439 e. The van der Waals surface area contributed by atoms with E-state index in [1.54, 1.807) is 0 Å². The number of hydrogen-bond donors (Lipinski definition) is 2. The van der Waals surface area contributed by atoms with Gasteiger partial charge in [0.05, 0.1) is 0 Å². The van der Waals surface area contributed by atoms with Crippen molar-refractivity contribution in [2.45, 2.75) is 33.1 Å². The fourth-order valence-corrected chi connectivity index (χ4v) is 3.03. The Bertz CT molecular complexity index is 747. The van der Waals surface area contributed by atoms with Crippen LogP contribution in [-0.4, -0.2) is 34.7 Å². The lowest BCUT2D eigenvalue weighted by molar-refractivity contribution is 0.461. The van der Waals surface area contributed by atoms with E-state index in [9.17, 15) is 0 Å². The first kappa shape index (κ1) is 19.4. The van der Waals surface area contributed by atoms with Gasteiger partial charge in [0.15, 0.2) is 5.11 Å². The van der Waals surface area contributed by atoms with E-state index in [2.05, 4.69) is 39.3 Å². The summed E-state index contributed by atoms with van der Waals surface area (Å²) in [7, 11) is 0. The summed E-state index contributed by atoms with van der Waals surface area (Å²) in [6.07, 6.45) is 3.62. The van der Waals surface area contributed by atoms with Gasteiger partial charge < -0.3 is 20.3 Å². The number of ether oxygens (including phenoxy) is 1. The van der Waals surface area contributed by atoms with Crippen molar-refractivity contribution in [3.8, 4) is 11.6 Å². The molecule has 0 amide bonds. The zero-order chi connectivity index (χ0) is 19.1. The van der Waals surface area contributed by atoms with E-state index in [4.69, 9.17) is 17.0 Å². The van der Waals surface area contributed by atoms with Gasteiger partial charge in [0.1, 0.15) is 11.6 Å². The molecule has 2 aromatic rings. The van der Waals surface area contributed by atoms with Crippen LogP contribution in [0.2, 0.25) is 0 Å². The summed E-state index contributed by atoms with van der Waals surface area (Å²) in [5, 5.41) is 6.80. The maximum absolute atomic E-state index is 5.95. The summed E-state index contributed by atoms with van der Waals surface area (Å²) in [4.78, 5) is 11.4. The Morgan fingerprint density at radius 2 is 1.89 bits per heavy atom. The van der Waals surface area contributed by atoms with Gasteiger partial charge in [0, 0.05) is 25.7 Å². The first-order valence-electron chi connectivity index (χ1n) is 9.52. The molecule has 2 N–H and O–H groups in total. The molecular formula is C20H27N5OS. The minimum Gasteiger partial charge on any atom is -0.439 e. The third kappa shape index (κ3) is 6.06. The maximum atomic E-state index is 5.95. The van der Waals surface area contributed by atoms with Gasteiger partial charge in [-0.3, -0.25) is 0 Å². The summed E-state index contributed by atoms with van der Waals surface area (Å²) in [5.41, 5.74) is 0. The number of rotatable bonds is 6. The topological polar surface area (TPSA) is 62.3 Å². The molecule has 0 spiro atoms. The van der Waals surface area contributed by atoms with E-state index in [0.29, 0.717) is 22.9 Å². The van der Waals surface area contributed by atoms with Crippen LogP contribution in [0.5, 0.6) is 11.6 Å². The molecule has 1 aromatic heterocycles. The molecule has 7 heteroatoms. The van der Waals surface area contributed by atoms with Crippen molar-refractivity contribution in [3.63, 3.8) is 0 Å². The molecule has 0 aliphatic carbocycles. The van der Waals surface area contributed by atoms with Gasteiger partial charge in [0.25, 0.3) is 0 Å². The van der Waals surface area contributed by atoms with Gasteiger partial charge in [-0.25, -0.2) is 0 Å². The van der Waals surface area contributed by atoms with Gasteiger partial charge >= 0.3 is 0 Å². The third-order valence-electron chi connectivity index (χ3n) is 4.23. The van der Waals surface area contributed by atoms with Crippen LogP contribution in [0.25, 0.3) is 0 Å². The quantitative estimate of drug-likeness (QED) is 0.723. The molecule has 6 nitrogen and oxygen atoms in total. The van der Waals surface area contributed by atoms with Crippen LogP contribution in [0, 0.1) is 5.92 Å². The van der Waals surface area contributed by atoms with Gasteiger partial charge in [-0.05, 0) is 49.5 Å². The van der Waals surface area contributed by atoms with Gasteiger partial charge in [-0.1, -0.05) is 32.0 Å². The summed E-state index contributed by atoms with van der Waals surface area (Å²) in [6.45, 7) is 7.06. The molecule has 0 unspecified atom stereocenters. The predicted molar refractivity (Wildman–Crippen MR) is 114 cm³/mol. The maximum Gasteiger partial charge on any atom is 0.234 e. The molecule has 3 rings (SSSR count). The molecule has 0 atom stereocenters. The zero-order valence-electron chi connectivity index (χ0n) is 15.9. The standard InChI is InChI=1S/C20H27N5OS/c1-15(2)14-21-20(27)24-19-22-17(25-11-7-4-8-12-25)13-18(23-19)26-16-9-5-3-6-10-16/h3,5-6,9-10,13,15H,4,7-8,11-12,14H2,1-2H3,(H2,21,22,23,24,27). The summed E-state index contributed by atoms with van der Waals surface area (Å²) < 4.78 is 5.95. The molecule has 1 aliphatic rings. The van der Waals surface area contributed by atoms with E-state index in [0.717, 1.165) is 31.2 Å². The zero-order valence-corrected chi connectivity index (χ0v) is 16.8. The number of anilines is 2. The molecule has 2 heterocycles. The Kier molecular flexibility index (Phi) is 6.81. The van der Waals surface area contributed by atoms with Gasteiger partial charge in [-0.2, -0.15) is 9.97 Å². The van der Waals surface area contributed by atoms with Crippen LogP contribution in [0.15, 0.2) is 36.4 Å². The Labute approximate surface area is 166 Å². The summed E-state index contributed by atoms with van der Waals surface area (Å²) >= 11 is 5.37. The highest BCUT2D eigenvalue weighted by Crippen LogP contribution is 2.26. The van der Waals surface area contributed by atoms with Crippen LogP contribution in [0.1, 0.15) is 33.1 Å². The minimum atomic E-state index is 0.449. The van der Waals surface area contributed by atoms with Crippen molar-refractivity contribution in [1.82, 2.24) is 15.3 Å². The number of nitrogens with one attached hydrogen (secondary N) is 2. The van der Waals surface area contributed by atoms with Crippen LogP contribution < -0.4 is 20.3 Å². The molecule has 27 heavy (non-hydrogen) atoms. The smallest absolute Gasteiger partial charge is 0.234 e. The first-order chi connectivity index (χ1) is 13.1. The molecule has 144 valence electrons. The normalized spacial score (nSPS) is 14.1. The second-order valence-electron chi connectivity index (χ2n) is 7.08. The Morgan fingerprint density at radius 1 is 1.15 bits per heavy atom. The lowest BCUT2D eigenvalue weighted by Gasteiger charge is -2.28. The number of benzene rings is 1. The SMILES string of the molecule is CC(C)CNC(=S)Nc1nc(Oc2ccccc2)cc(N2CCCCC2)n1. The average molecular weight is 386 g/mol. The second-order valence-corrected chi connectivity index (χ2v) is 7.49. The molecule has 0 radical (unpaired) electrons. The monoisotopic (exact) mass is 385 g/mol. The highest BCUT2D eigenvalue weighted by Gasteiger charge is 2.16. The van der Waals surface area contributed by atoms with Crippen molar-refractivity contribution in [3.05, 3.63) is 36.4 Å². The summed E-state index contributed by atoms with van der Waals surface area (Å²) in [5.74, 6) is 3.07. The minimum absolute atomic E-state index is 0.449. The van der Waals surface area contributed by atoms with Crippen LogP contribution in [0.4, 0.5) is 11.8 Å². The van der Waals surface area contributed by atoms with Crippen LogP contribution in [0.3, 0.4) is 0 Å². The van der Waals surface area contributed by atoms with E-state index >= 15 is 0 Å². The number of thiocarbonyl (C=S) groups is 1. The lowest BCUT2D eigenvalue weighted by Crippen LogP contribution is -2.33. The first-order valence-corrected chi connectivity index (χ1v) is 9.93. The number of nitrogens with zero attached hydrogens (tertiary/aromatic N) is 3. The highest BCUT2D eigenvalue weighted by molar-refractivity contribution is 7.80. The fraction of sp³-hybridized carbons (Fsp3) is 0.450. The van der Waals surface area contributed by atoms with Gasteiger partial charge in [0.2, 0.25) is 11.8 Å². The number of para-hydroxylation sites is 1. The molecule has 1 aliphatic heterocycles. The predicted octanol–water partition coefficient (Wildman–Crippen LogP) is 4.20. The van der Waals surface area contributed by atoms with E-state index in [1.807, 2.05) is 36.4 Å². The van der Waals surface area contributed by atoms with Crippen molar-refractivity contribution in [2.75, 3.05) is 29.9 Å². The Hall–Kier alpha value is -2.41. The highest BCUT2D eigenvalue weighted by atomic mass is 32.1. The van der Waals surface area contributed by atoms with E-state index in [1.165, 1.54) is 19.3 Å². The van der Waals surface area contributed by atoms with Crippen molar-refractivity contribution in [1.29, 1.82) is 0 Å². The number of aromatic nitrogens is 2. The number of hydrogen-bond acceptors (Lipinski definition) is 5. The van der Waals surface area contributed by atoms with Crippen LogP contribution >= 0.6 is 12.2 Å². The second kappa shape index (κ2) is 9.50. The molecule has 0 bridgehead atoms. The Balaban J connectivity index is 1.80. The Morgan fingerprint density at radius 3 is 2.59 bits per heavy atom. The molecule has 1 fully saturated rings. The molecule has 0 saturated carbocycles. The summed E-state index contributed by atoms with van der Waals surface area (Å²) in [6, 6.07) is 11.5. The number of piperidine rings is 1. The van der Waals surface area contributed by atoms with Crippen LogP contribution in [-0.2, 0) is 0 Å². The molecular weight excluding hydrogens is 358 g/mol. The van der Waals surface area contributed by atoms with Gasteiger partial charge in [-0.15, -0.1) is 0 Å².